The Bertz CT molecular complexity index is 709. The minimum absolute atomic E-state index is 0.0470. The predicted octanol–water partition coefficient (Wildman–Crippen LogP) is 2.94. The van der Waals surface area contributed by atoms with Crippen molar-refractivity contribution < 1.29 is 17.3 Å². The van der Waals surface area contributed by atoms with Crippen molar-refractivity contribution in [1.82, 2.24) is 0 Å². The largest absolute Gasteiger partial charge is 0.497 e. The Labute approximate surface area is 131 Å². The van der Waals surface area contributed by atoms with Gasteiger partial charge in [0.1, 0.15) is 5.75 Å². The lowest BCUT2D eigenvalue weighted by Gasteiger charge is -2.20. The van der Waals surface area contributed by atoms with Gasteiger partial charge >= 0.3 is 0 Å². The predicted molar refractivity (Wildman–Crippen MR) is 87.1 cm³/mol. The summed E-state index contributed by atoms with van der Waals surface area (Å²) < 4.78 is 31.9. The lowest BCUT2D eigenvalue weighted by atomic mass is 10.2. The van der Waals surface area contributed by atoms with Crippen molar-refractivity contribution in [2.24, 2.45) is 0 Å². The van der Waals surface area contributed by atoms with Gasteiger partial charge in [0.05, 0.1) is 20.0 Å². The molecule has 0 aliphatic carbocycles. The third kappa shape index (κ3) is 4.47. The van der Waals surface area contributed by atoms with Gasteiger partial charge in [-0.3, -0.25) is 4.18 Å². The van der Waals surface area contributed by atoms with Crippen LogP contribution in [0.25, 0.3) is 0 Å². The average molecular weight is 321 g/mol. The van der Waals surface area contributed by atoms with Crippen LogP contribution in [-0.2, 0) is 20.9 Å². The second-order valence-electron chi connectivity index (χ2n) is 4.89. The molecular formula is C16H19NO4S. The van der Waals surface area contributed by atoms with E-state index in [1.807, 2.05) is 60.5 Å². The van der Waals surface area contributed by atoms with Gasteiger partial charge in [0, 0.05) is 18.4 Å². The maximum Gasteiger partial charge on any atom is 0.264 e. The first kappa shape index (κ1) is 16.3. The van der Waals surface area contributed by atoms with Gasteiger partial charge in [0.2, 0.25) is 0 Å². The summed E-state index contributed by atoms with van der Waals surface area (Å²) in [7, 11) is 0.176. The summed E-state index contributed by atoms with van der Waals surface area (Å²) in [6.45, 7) is 0.0470. The fourth-order valence-corrected chi connectivity index (χ4v) is 2.30. The van der Waals surface area contributed by atoms with E-state index in [0.29, 0.717) is 0 Å². The van der Waals surface area contributed by atoms with Crippen LogP contribution in [0.3, 0.4) is 0 Å². The maximum atomic E-state index is 11.0. The van der Waals surface area contributed by atoms with Gasteiger partial charge in [-0.05, 0) is 42.0 Å². The summed E-state index contributed by atoms with van der Waals surface area (Å²) in [6.07, 6.45) is 1.04. The van der Waals surface area contributed by atoms with Crippen LogP contribution in [0, 0.1) is 0 Å². The highest BCUT2D eigenvalue weighted by atomic mass is 32.2. The number of benzene rings is 2. The molecule has 0 spiro atoms. The van der Waals surface area contributed by atoms with Crippen LogP contribution in [0.4, 0.5) is 11.4 Å². The molecule has 2 rings (SSSR count). The summed E-state index contributed by atoms with van der Waals surface area (Å²) >= 11 is 0. The number of methoxy groups -OCH3 is 1. The lowest BCUT2D eigenvalue weighted by molar-refractivity contribution is 0.311. The van der Waals surface area contributed by atoms with Crippen molar-refractivity contribution in [2.75, 3.05) is 25.3 Å². The highest BCUT2D eigenvalue weighted by Gasteiger charge is 2.06. The first-order valence-electron chi connectivity index (χ1n) is 6.70. The van der Waals surface area contributed by atoms with E-state index in [9.17, 15) is 8.42 Å². The van der Waals surface area contributed by atoms with E-state index in [1.54, 1.807) is 7.11 Å². The van der Waals surface area contributed by atoms with E-state index in [1.165, 1.54) is 0 Å². The van der Waals surface area contributed by atoms with Crippen molar-refractivity contribution in [3.63, 3.8) is 0 Å². The Morgan fingerprint density at radius 2 is 1.45 bits per heavy atom. The van der Waals surface area contributed by atoms with Gasteiger partial charge in [-0.2, -0.15) is 8.42 Å². The molecule has 0 aromatic heterocycles. The van der Waals surface area contributed by atoms with Crippen molar-refractivity contribution >= 4 is 21.5 Å². The van der Waals surface area contributed by atoms with Crippen molar-refractivity contribution in [1.29, 1.82) is 0 Å². The topological polar surface area (TPSA) is 55.8 Å². The van der Waals surface area contributed by atoms with Crippen LogP contribution in [0.1, 0.15) is 5.56 Å². The Hall–Kier alpha value is -2.05. The minimum Gasteiger partial charge on any atom is -0.497 e. The van der Waals surface area contributed by atoms with Crippen LogP contribution in [0.5, 0.6) is 5.75 Å². The Kier molecular flexibility index (Phi) is 5.05. The van der Waals surface area contributed by atoms with Crippen molar-refractivity contribution in [3.05, 3.63) is 54.1 Å². The quantitative estimate of drug-likeness (QED) is 0.766. The number of hydrogen-bond donors (Lipinski definition) is 0. The highest BCUT2D eigenvalue weighted by molar-refractivity contribution is 7.85. The molecule has 0 amide bonds. The molecule has 0 saturated heterocycles. The van der Waals surface area contributed by atoms with E-state index >= 15 is 0 Å². The number of ether oxygens (including phenoxy) is 1. The van der Waals surface area contributed by atoms with Gasteiger partial charge in [-0.1, -0.05) is 12.1 Å². The smallest absolute Gasteiger partial charge is 0.264 e. The van der Waals surface area contributed by atoms with Gasteiger partial charge in [-0.25, -0.2) is 0 Å². The maximum absolute atomic E-state index is 11.0. The Morgan fingerprint density at radius 3 is 1.91 bits per heavy atom. The fourth-order valence-electron chi connectivity index (χ4n) is 1.95. The molecule has 0 bridgehead atoms. The summed E-state index contributed by atoms with van der Waals surface area (Å²) in [4.78, 5) is 2.03. The van der Waals surface area contributed by atoms with Crippen LogP contribution in [0.15, 0.2) is 48.5 Å². The molecule has 0 radical (unpaired) electrons. The van der Waals surface area contributed by atoms with Gasteiger partial charge in [0.25, 0.3) is 10.1 Å². The molecule has 0 heterocycles. The summed E-state index contributed by atoms with van der Waals surface area (Å²) in [5.41, 5.74) is 2.83. The molecule has 5 nitrogen and oxygen atoms in total. The summed E-state index contributed by atoms with van der Waals surface area (Å²) in [5.74, 6) is 0.811. The molecule has 0 aliphatic heterocycles. The van der Waals surface area contributed by atoms with Crippen LogP contribution >= 0.6 is 0 Å². The molecule has 118 valence electrons. The zero-order chi connectivity index (χ0) is 16.2. The van der Waals surface area contributed by atoms with Crippen molar-refractivity contribution in [3.8, 4) is 5.75 Å². The first-order valence-corrected chi connectivity index (χ1v) is 8.52. The number of anilines is 2. The summed E-state index contributed by atoms with van der Waals surface area (Å²) in [5, 5.41) is 0. The molecular weight excluding hydrogens is 302 g/mol. The van der Waals surface area contributed by atoms with E-state index in [0.717, 1.165) is 28.9 Å². The summed E-state index contributed by atoms with van der Waals surface area (Å²) in [6, 6.07) is 15.3. The molecule has 0 atom stereocenters. The van der Waals surface area contributed by atoms with Crippen molar-refractivity contribution in [2.45, 2.75) is 6.61 Å². The molecule has 22 heavy (non-hydrogen) atoms. The average Bonchev–Trinajstić information content (AvgIpc) is 2.52. The standard InChI is InChI=1S/C16H19NO4S/c1-17(15-8-10-16(20-2)11-9-15)14-6-4-13(5-7-14)12-21-22(3,18)19/h4-11H,12H2,1-3H3. The van der Waals surface area contributed by atoms with Gasteiger partial charge in [0.15, 0.2) is 0 Å². The van der Waals surface area contributed by atoms with Crippen LogP contribution in [0.2, 0.25) is 0 Å². The molecule has 2 aromatic rings. The molecule has 6 heteroatoms. The monoisotopic (exact) mass is 321 g/mol. The number of hydrogen-bond acceptors (Lipinski definition) is 5. The third-order valence-corrected chi connectivity index (χ3v) is 3.77. The van der Waals surface area contributed by atoms with Gasteiger partial charge in [-0.15, -0.1) is 0 Å². The molecule has 0 saturated carbocycles. The molecule has 0 fully saturated rings. The van der Waals surface area contributed by atoms with E-state index in [4.69, 9.17) is 8.92 Å². The van der Waals surface area contributed by atoms with E-state index in [-0.39, 0.29) is 6.61 Å². The van der Waals surface area contributed by atoms with Crippen LogP contribution in [-0.4, -0.2) is 28.8 Å². The SMILES string of the molecule is COc1ccc(N(C)c2ccc(COS(C)(=O)=O)cc2)cc1. The highest BCUT2D eigenvalue weighted by Crippen LogP contribution is 2.25. The third-order valence-electron chi connectivity index (χ3n) is 3.22. The lowest BCUT2D eigenvalue weighted by Crippen LogP contribution is -2.09. The molecule has 0 aliphatic rings. The zero-order valence-electron chi connectivity index (χ0n) is 12.8. The van der Waals surface area contributed by atoms with Crippen LogP contribution < -0.4 is 9.64 Å². The zero-order valence-corrected chi connectivity index (χ0v) is 13.6. The number of nitrogens with zero attached hydrogens (tertiary/aromatic N) is 1. The Morgan fingerprint density at radius 1 is 0.955 bits per heavy atom. The number of rotatable bonds is 6. The molecule has 0 N–H and O–H groups in total. The van der Waals surface area contributed by atoms with E-state index < -0.39 is 10.1 Å². The first-order chi connectivity index (χ1) is 10.4. The molecule has 2 aromatic carbocycles. The Balaban J connectivity index is 2.08. The van der Waals surface area contributed by atoms with Gasteiger partial charge < -0.3 is 9.64 Å². The fraction of sp³-hybridized carbons (Fsp3) is 0.250. The molecule has 0 unspecified atom stereocenters. The van der Waals surface area contributed by atoms with E-state index in [2.05, 4.69) is 0 Å². The normalized spacial score (nSPS) is 11.2. The second kappa shape index (κ2) is 6.81. The second-order valence-corrected chi connectivity index (χ2v) is 6.53. The minimum atomic E-state index is -3.42.